The zero-order valence-corrected chi connectivity index (χ0v) is 8.69. The van der Waals surface area contributed by atoms with Crippen molar-refractivity contribution in [1.82, 2.24) is 0 Å². The second-order valence-electron chi connectivity index (χ2n) is 2.57. The summed E-state index contributed by atoms with van der Waals surface area (Å²) < 4.78 is 4.50. The minimum atomic E-state index is -0.597. The molecule has 0 bridgehead atoms. The highest BCUT2D eigenvalue weighted by molar-refractivity contribution is 7.10. The van der Waals surface area contributed by atoms with Gasteiger partial charge in [0.1, 0.15) is 6.04 Å². The summed E-state index contributed by atoms with van der Waals surface area (Å²) in [6.07, 6.45) is 0.476. The summed E-state index contributed by atoms with van der Waals surface area (Å²) in [5.74, 6) is -0.399. The van der Waals surface area contributed by atoms with Gasteiger partial charge in [-0.15, -0.1) is 11.3 Å². The minimum Gasteiger partial charge on any atom is -0.468 e. The van der Waals surface area contributed by atoms with Gasteiger partial charge in [0.2, 0.25) is 0 Å². The van der Waals surface area contributed by atoms with Gasteiger partial charge in [-0.05, 0) is 6.07 Å². The van der Waals surface area contributed by atoms with Crippen LogP contribution in [0, 0.1) is 0 Å². The van der Waals surface area contributed by atoms with Crippen molar-refractivity contribution in [2.75, 3.05) is 7.11 Å². The Balaban J connectivity index is 2.54. The van der Waals surface area contributed by atoms with Crippen LogP contribution in [0.15, 0.2) is 11.4 Å². The van der Waals surface area contributed by atoms with E-state index in [0.717, 1.165) is 4.88 Å². The topological polar surface area (TPSA) is 52.3 Å². The molecule has 3 nitrogen and oxygen atoms in total. The van der Waals surface area contributed by atoms with Crippen molar-refractivity contribution in [3.8, 4) is 0 Å². The van der Waals surface area contributed by atoms with Crippen LogP contribution in [0.25, 0.3) is 0 Å². The van der Waals surface area contributed by atoms with Crippen LogP contribution in [0.1, 0.15) is 4.88 Å². The molecule has 0 spiro atoms. The number of rotatable bonds is 3. The van der Waals surface area contributed by atoms with Crippen molar-refractivity contribution >= 4 is 28.9 Å². The smallest absolute Gasteiger partial charge is 0.323 e. The molecule has 13 heavy (non-hydrogen) atoms. The van der Waals surface area contributed by atoms with E-state index in [9.17, 15) is 4.79 Å². The van der Waals surface area contributed by atoms with Crippen LogP contribution in [-0.2, 0) is 16.0 Å². The first-order valence-corrected chi connectivity index (χ1v) is 4.95. The molecule has 5 heteroatoms. The molecule has 72 valence electrons. The molecule has 0 aliphatic rings. The Labute approximate surface area is 85.4 Å². The highest BCUT2D eigenvalue weighted by Gasteiger charge is 2.14. The number of halogens is 1. The molecule has 1 rings (SSSR count). The van der Waals surface area contributed by atoms with Crippen molar-refractivity contribution in [2.45, 2.75) is 12.5 Å². The first kappa shape index (κ1) is 10.5. The van der Waals surface area contributed by atoms with Crippen LogP contribution in [0.5, 0.6) is 0 Å². The second-order valence-corrected chi connectivity index (χ2v) is 4.00. The van der Waals surface area contributed by atoms with E-state index in [1.54, 1.807) is 11.4 Å². The fraction of sp³-hybridized carbons (Fsp3) is 0.375. The Morgan fingerprint density at radius 2 is 2.54 bits per heavy atom. The lowest BCUT2D eigenvalue weighted by atomic mass is 10.2. The predicted octanol–water partition coefficient (Wildman–Crippen LogP) is 1.44. The molecule has 0 aromatic carbocycles. The Kier molecular flexibility index (Phi) is 3.71. The maximum Gasteiger partial charge on any atom is 0.323 e. The molecule has 0 aliphatic heterocycles. The van der Waals surface area contributed by atoms with E-state index in [1.165, 1.54) is 18.4 Å². The largest absolute Gasteiger partial charge is 0.468 e. The maximum absolute atomic E-state index is 10.9. The molecule has 0 unspecified atom stereocenters. The van der Waals surface area contributed by atoms with E-state index < -0.39 is 12.0 Å². The molecule has 1 heterocycles. The molecule has 0 amide bonds. The van der Waals surface area contributed by atoms with Crippen LogP contribution >= 0.6 is 22.9 Å². The van der Waals surface area contributed by atoms with Crippen LogP contribution in [0.2, 0.25) is 5.02 Å². The fourth-order valence-electron chi connectivity index (χ4n) is 0.912. The third-order valence-corrected chi connectivity index (χ3v) is 2.85. The van der Waals surface area contributed by atoms with E-state index in [0.29, 0.717) is 11.4 Å². The zero-order chi connectivity index (χ0) is 9.84. The highest BCUT2D eigenvalue weighted by Crippen LogP contribution is 2.20. The molecule has 1 atom stereocenters. The van der Waals surface area contributed by atoms with Gasteiger partial charge in [-0.25, -0.2) is 0 Å². The molecule has 0 saturated heterocycles. The van der Waals surface area contributed by atoms with Crippen molar-refractivity contribution in [3.63, 3.8) is 0 Å². The van der Waals surface area contributed by atoms with Crippen LogP contribution in [0.4, 0.5) is 0 Å². The number of methoxy groups -OCH3 is 1. The van der Waals surface area contributed by atoms with Gasteiger partial charge in [0.05, 0.1) is 12.1 Å². The highest BCUT2D eigenvalue weighted by atomic mass is 35.5. The molecular weight excluding hydrogens is 210 g/mol. The number of esters is 1. The van der Waals surface area contributed by atoms with Crippen molar-refractivity contribution in [3.05, 3.63) is 21.3 Å². The van der Waals surface area contributed by atoms with Crippen LogP contribution in [-0.4, -0.2) is 19.1 Å². The van der Waals surface area contributed by atoms with Gasteiger partial charge < -0.3 is 10.5 Å². The Morgan fingerprint density at radius 1 is 1.85 bits per heavy atom. The van der Waals surface area contributed by atoms with Crippen molar-refractivity contribution in [2.24, 2.45) is 5.73 Å². The van der Waals surface area contributed by atoms with E-state index >= 15 is 0 Å². The van der Waals surface area contributed by atoms with Crippen molar-refractivity contribution in [1.29, 1.82) is 0 Å². The third kappa shape index (κ3) is 2.99. The standard InChI is InChI=1S/C8H10ClNO2S/c1-12-8(11)7(10)3-6-2-5(9)4-13-6/h2,4,7H,3,10H2,1H3/t7-/m0/s1. The Bertz CT molecular complexity index is 300. The number of carbonyl (C=O) groups excluding carboxylic acids is 1. The molecular formula is C8H10ClNO2S. The number of hydrogen-bond donors (Lipinski definition) is 1. The first-order chi connectivity index (χ1) is 6.13. The summed E-state index contributed by atoms with van der Waals surface area (Å²) >= 11 is 7.20. The first-order valence-electron chi connectivity index (χ1n) is 3.70. The van der Waals surface area contributed by atoms with Gasteiger partial charge in [-0.3, -0.25) is 4.79 Å². The zero-order valence-electron chi connectivity index (χ0n) is 7.12. The van der Waals surface area contributed by atoms with Gasteiger partial charge in [0, 0.05) is 16.7 Å². The number of thiophene rings is 1. The van der Waals surface area contributed by atoms with E-state index in [4.69, 9.17) is 17.3 Å². The fourth-order valence-corrected chi connectivity index (χ4v) is 2.05. The van der Waals surface area contributed by atoms with Crippen LogP contribution < -0.4 is 5.73 Å². The third-order valence-electron chi connectivity index (χ3n) is 1.55. The summed E-state index contributed by atoms with van der Waals surface area (Å²) in [7, 11) is 1.32. The summed E-state index contributed by atoms with van der Waals surface area (Å²) in [6.45, 7) is 0. The lowest BCUT2D eigenvalue weighted by Crippen LogP contribution is -2.33. The van der Waals surface area contributed by atoms with Gasteiger partial charge >= 0.3 is 5.97 Å². The average molecular weight is 220 g/mol. The normalized spacial score (nSPS) is 12.5. The maximum atomic E-state index is 10.9. The summed E-state index contributed by atoms with van der Waals surface area (Å²) in [4.78, 5) is 11.9. The quantitative estimate of drug-likeness (QED) is 0.783. The van der Waals surface area contributed by atoms with E-state index in [2.05, 4.69) is 4.74 Å². The SMILES string of the molecule is COC(=O)[C@@H](N)Cc1cc(Cl)cs1. The summed E-state index contributed by atoms with van der Waals surface area (Å²) in [5, 5.41) is 2.48. The lowest BCUT2D eigenvalue weighted by Gasteiger charge is -2.06. The van der Waals surface area contributed by atoms with Crippen molar-refractivity contribution < 1.29 is 9.53 Å². The summed E-state index contributed by atoms with van der Waals surface area (Å²) in [5.41, 5.74) is 5.56. The number of carbonyl (C=O) groups is 1. The Morgan fingerprint density at radius 3 is 3.00 bits per heavy atom. The monoisotopic (exact) mass is 219 g/mol. The molecule has 2 N–H and O–H groups in total. The second kappa shape index (κ2) is 4.60. The van der Waals surface area contributed by atoms with Gasteiger partial charge in [-0.1, -0.05) is 11.6 Å². The molecule has 0 fully saturated rings. The molecule has 1 aromatic rings. The van der Waals surface area contributed by atoms with Gasteiger partial charge in [-0.2, -0.15) is 0 Å². The molecule has 0 saturated carbocycles. The summed E-state index contributed by atoms with van der Waals surface area (Å²) in [6, 6.07) is 1.20. The average Bonchev–Trinajstić information content (AvgIpc) is 2.49. The number of nitrogens with two attached hydrogens (primary N) is 1. The molecule has 1 aromatic heterocycles. The number of ether oxygens (including phenoxy) is 1. The minimum absolute atomic E-state index is 0.399. The predicted molar refractivity (Wildman–Crippen MR) is 53.0 cm³/mol. The van der Waals surface area contributed by atoms with E-state index in [-0.39, 0.29) is 0 Å². The van der Waals surface area contributed by atoms with Gasteiger partial charge in [0.15, 0.2) is 0 Å². The molecule has 0 radical (unpaired) electrons. The molecule has 0 aliphatic carbocycles. The van der Waals surface area contributed by atoms with E-state index in [1.807, 2.05) is 0 Å². The Hall–Kier alpha value is -0.580. The lowest BCUT2D eigenvalue weighted by molar-refractivity contribution is -0.142. The van der Waals surface area contributed by atoms with Crippen LogP contribution in [0.3, 0.4) is 0 Å². The van der Waals surface area contributed by atoms with Gasteiger partial charge in [0.25, 0.3) is 0 Å². The number of hydrogen-bond acceptors (Lipinski definition) is 4.